The van der Waals surface area contributed by atoms with Crippen molar-refractivity contribution in [3.63, 3.8) is 0 Å². The predicted molar refractivity (Wildman–Crippen MR) is 51.3 cm³/mol. The molecule has 62 valence electrons. The molecule has 0 aliphatic rings. The molecule has 0 saturated heterocycles. The molecule has 0 saturated carbocycles. The molecule has 1 heterocycles. The summed E-state index contributed by atoms with van der Waals surface area (Å²) in [5, 5.41) is 4.23. The van der Waals surface area contributed by atoms with Crippen molar-refractivity contribution in [2.75, 3.05) is 6.61 Å². The van der Waals surface area contributed by atoms with Crippen LogP contribution in [0, 0.1) is 3.57 Å². The fourth-order valence-corrected chi connectivity index (χ4v) is 1.47. The van der Waals surface area contributed by atoms with Gasteiger partial charge in [-0.2, -0.15) is 5.10 Å². The first kappa shape index (κ1) is 8.99. The van der Waals surface area contributed by atoms with Crippen molar-refractivity contribution < 1.29 is 4.74 Å². The van der Waals surface area contributed by atoms with Crippen LogP contribution in [-0.2, 0) is 18.4 Å². The summed E-state index contributed by atoms with van der Waals surface area (Å²) in [6, 6.07) is 0. The maximum absolute atomic E-state index is 5.23. The molecular weight excluding hydrogens is 255 g/mol. The van der Waals surface area contributed by atoms with Crippen LogP contribution in [0.4, 0.5) is 0 Å². The number of ether oxygens (including phenoxy) is 1. The summed E-state index contributed by atoms with van der Waals surface area (Å²) in [6.45, 7) is 3.35. The fraction of sp³-hybridized carbons (Fsp3) is 0.571. The van der Waals surface area contributed by atoms with E-state index in [2.05, 4.69) is 27.7 Å². The van der Waals surface area contributed by atoms with E-state index in [0.717, 1.165) is 12.3 Å². The summed E-state index contributed by atoms with van der Waals surface area (Å²) in [4.78, 5) is 0. The molecule has 0 bridgehead atoms. The number of halogens is 1. The average molecular weight is 266 g/mol. The fourth-order valence-electron chi connectivity index (χ4n) is 0.802. The van der Waals surface area contributed by atoms with E-state index < -0.39 is 0 Å². The summed E-state index contributed by atoms with van der Waals surface area (Å²) < 4.78 is 8.20. The van der Waals surface area contributed by atoms with Crippen LogP contribution in [-0.4, -0.2) is 16.4 Å². The minimum atomic E-state index is 0.621. The second-order valence-corrected chi connectivity index (χ2v) is 3.40. The van der Waals surface area contributed by atoms with Crippen LogP contribution in [0.25, 0.3) is 0 Å². The highest BCUT2D eigenvalue weighted by molar-refractivity contribution is 14.1. The van der Waals surface area contributed by atoms with Crippen LogP contribution < -0.4 is 0 Å². The van der Waals surface area contributed by atoms with Gasteiger partial charge in [-0.25, -0.2) is 0 Å². The second-order valence-electron chi connectivity index (χ2n) is 2.23. The number of hydrogen-bond donors (Lipinski definition) is 0. The van der Waals surface area contributed by atoms with Crippen LogP contribution in [0.3, 0.4) is 0 Å². The molecule has 0 aliphatic carbocycles. The lowest BCUT2D eigenvalue weighted by Crippen LogP contribution is -1.95. The molecule has 0 spiro atoms. The van der Waals surface area contributed by atoms with Crippen molar-refractivity contribution in [2.24, 2.45) is 7.05 Å². The van der Waals surface area contributed by atoms with Crippen LogP contribution in [0.15, 0.2) is 6.20 Å². The van der Waals surface area contributed by atoms with E-state index in [4.69, 9.17) is 4.74 Å². The molecular formula is C7H11IN2O. The Morgan fingerprint density at radius 2 is 2.45 bits per heavy atom. The number of aromatic nitrogens is 2. The second kappa shape index (κ2) is 4.06. The zero-order valence-electron chi connectivity index (χ0n) is 6.67. The number of hydrogen-bond acceptors (Lipinski definition) is 2. The molecule has 0 aliphatic heterocycles. The normalized spacial score (nSPS) is 10.5. The molecule has 0 atom stereocenters. The average Bonchev–Trinajstić information content (AvgIpc) is 2.26. The third kappa shape index (κ3) is 2.44. The molecule has 1 aromatic rings. The smallest absolute Gasteiger partial charge is 0.101 e. The van der Waals surface area contributed by atoms with Crippen molar-refractivity contribution in [1.82, 2.24) is 9.78 Å². The molecule has 1 rings (SSSR count). The van der Waals surface area contributed by atoms with Gasteiger partial charge in [0.25, 0.3) is 0 Å². The van der Waals surface area contributed by atoms with Crippen LogP contribution in [0.1, 0.15) is 12.6 Å². The number of aryl methyl sites for hydroxylation is 1. The Morgan fingerprint density at radius 3 is 2.91 bits per heavy atom. The molecule has 3 nitrogen and oxygen atoms in total. The highest BCUT2D eigenvalue weighted by Gasteiger charge is 2.02. The first-order chi connectivity index (χ1) is 5.24. The third-order valence-electron chi connectivity index (χ3n) is 1.30. The summed E-state index contributed by atoms with van der Waals surface area (Å²) in [5.74, 6) is 0. The molecule has 0 fully saturated rings. The number of nitrogens with zero attached hydrogens (tertiary/aromatic N) is 2. The lowest BCUT2D eigenvalue weighted by molar-refractivity contribution is 0.130. The Bertz CT molecular complexity index is 234. The Morgan fingerprint density at radius 1 is 1.73 bits per heavy atom. The van der Waals surface area contributed by atoms with Crippen LogP contribution >= 0.6 is 22.6 Å². The first-order valence-corrected chi connectivity index (χ1v) is 4.57. The van der Waals surface area contributed by atoms with Crippen molar-refractivity contribution in [3.05, 3.63) is 15.5 Å². The number of rotatable bonds is 3. The maximum Gasteiger partial charge on any atom is 0.101 e. The van der Waals surface area contributed by atoms with Crippen molar-refractivity contribution in [1.29, 1.82) is 0 Å². The van der Waals surface area contributed by atoms with E-state index in [9.17, 15) is 0 Å². The summed E-state index contributed by atoms with van der Waals surface area (Å²) in [5.41, 5.74) is 1.02. The topological polar surface area (TPSA) is 27.1 Å². The Hall–Kier alpha value is -0.100. The molecule has 4 heteroatoms. The van der Waals surface area contributed by atoms with Gasteiger partial charge in [0.2, 0.25) is 0 Å². The minimum Gasteiger partial charge on any atom is -0.375 e. The third-order valence-corrected chi connectivity index (χ3v) is 2.20. The Balaban J connectivity index is 2.62. The lowest BCUT2D eigenvalue weighted by atomic mass is 10.5. The standard InChI is InChI=1S/C7H11IN2O/c1-3-11-5-7-6(8)4-10(2)9-7/h4H,3,5H2,1-2H3. The molecule has 0 radical (unpaired) electrons. The van der Waals surface area contributed by atoms with Crippen LogP contribution in [0.2, 0.25) is 0 Å². The van der Waals surface area contributed by atoms with Crippen molar-refractivity contribution in [2.45, 2.75) is 13.5 Å². The molecule has 0 aromatic carbocycles. The van der Waals surface area contributed by atoms with Gasteiger partial charge in [0, 0.05) is 19.9 Å². The van der Waals surface area contributed by atoms with Gasteiger partial charge < -0.3 is 4.74 Å². The monoisotopic (exact) mass is 266 g/mol. The largest absolute Gasteiger partial charge is 0.375 e. The highest BCUT2D eigenvalue weighted by Crippen LogP contribution is 2.09. The van der Waals surface area contributed by atoms with E-state index in [1.165, 1.54) is 3.57 Å². The summed E-state index contributed by atoms with van der Waals surface area (Å²) in [7, 11) is 1.91. The molecule has 0 N–H and O–H groups in total. The van der Waals surface area contributed by atoms with Crippen molar-refractivity contribution >= 4 is 22.6 Å². The predicted octanol–water partition coefficient (Wildman–Crippen LogP) is 1.56. The SMILES string of the molecule is CCOCc1nn(C)cc1I. The summed E-state index contributed by atoms with van der Waals surface area (Å²) in [6.07, 6.45) is 1.98. The van der Waals surface area contributed by atoms with E-state index in [1.54, 1.807) is 4.68 Å². The molecule has 0 amide bonds. The Labute approximate surface area is 79.9 Å². The zero-order chi connectivity index (χ0) is 8.27. The lowest BCUT2D eigenvalue weighted by Gasteiger charge is -1.96. The molecule has 1 aromatic heterocycles. The van der Waals surface area contributed by atoms with E-state index in [-0.39, 0.29) is 0 Å². The van der Waals surface area contributed by atoms with Gasteiger partial charge >= 0.3 is 0 Å². The van der Waals surface area contributed by atoms with E-state index in [1.807, 2.05) is 20.2 Å². The quantitative estimate of drug-likeness (QED) is 0.776. The molecule has 11 heavy (non-hydrogen) atoms. The van der Waals surface area contributed by atoms with Gasteiger partial charge in [0.1, 0.15) is 5.69 Å². The van der Waals surface area contributed by atoms with Gasteiger partial charge in [0.15, 0.2) is 0 Å². The van der Waals surface area contributed by atoms with Crippen LogP contribution in [0.5, 0.6) is 0 Å². The minimum absolute atomic E-state index is 0.621. The Kier molecular flexibility index (Phi) is 3.32. The summed E-state index contributed by atoms with van der Waals surface area (Å²) >= 11 is 2.26. The zero-order valence-corrected chi connectivity index (χ0v) is 8.83. The van der Waals surface area contributed by atoms with Gasteiger partial charge in [0.05, 0.1) is 10.2 Å². The highest BCUT2D eigenvalue weighted by atomic mass is 127. The van der Waals surface area contributed by atoms with E-state index >= 15 is 0 Å². The van der Waals surface area contributed by atoms with Crippen molar-refractivity contribution in [3.8, 4) is 0 Å². The molecule has 0 unspecified atom stereocenters. The maximum atomic E-state index is 5.23. The van der Waals surface area contributed by atoms with Gasteiger partial charge in [-0.05, 0) is 29.5 Å². The van der Waals surface area contributed by atoms with E-state index in [0.29, 0.717) is 6.61 Å². The van der Waals surface area contributed by atoms with Gasteiger partial charge in [-0.15, -0.1) is 0 Å². The van der Waals surface area contributed by atoms with Gasteiger partial charge in [-0.1, -0.05) is 0 Å². The first-order valence-electron chi connectivity index (χ1n) is 3.49. The van der Waals surface area contributed by atoms with Gasteiger partial charge in [-0.3, -0.25) is 4.68 Å².